The van der Waals surface area contributed by atoms with E-state index in [1.165, 1.54) is 4.90 Å². The van der Waals surface area contributed by atoms with Crippen molar-refractivity contribution in [1.82, 2.24) is 15.1 Å². The van der Waals surface area contributed by atoms with Crippen LogP contribution in [0.25, 0.3) is 0 Å². The Kier molecular flexibility index (Phi) is 5.02. The van der Waals surface area contributed by atoms with Gasteiger partial charge < -0.3 is 10.1 Å². The number of para-hydroxylation sites is 1. The largest absolute Gasteiger partial charge is 0.494 e. The van der Waals surface area contributed by atoms with Gasteiger partial charge in [-0.05, 0) is 19.9 Å². The van der Waals surface area contributed by atoms with Gasteiger partial charge in [-0.3, -0.25) is 14.5 Å². The minimum Gasteiger partial charge on any atom is -0.494 e. The molecule has 0 saturated carbocycles. The predicted octanol–water partition coefficient (Wildman–Crippen LogP) is 1.64. The molecule has 0 unspecified atom stereocenters. The Morgan fingerprint density at radius 3 is 2.96 bits per heavy atom. The summed E-state index contributed by atoms with van der Waals surface area (Å²) in [4.78, 5) is 26.0. The zero-order valence-electron chi connectivity index (χ0n) is 14.5. The highest BCUT2D eigenvalue weighted by atomic mass is 16.5. The van der Waals surface area contributed by atoms with Gasteiger partial charge in [0.05, 0.1) is 18.8 Å². The Morgan fingerprint density at radius 1 is 1.36 bits per heavy atom. The van der Waals surface area contributed by atoms with Crippen molar-refractivity contribution in [3.8, 4) is 5.75 Å². The third kappa shape index (κ3) is 3.81. The highest BCUT2D eigenvalue weighted by Crippen LogP contribution is 2.22. The van der Waals surface area contributed by atoms with Crippen LogP contribution in [0.5, 0.6) is 5.75 Å². The van der Waals surface area contributed by atoms with Crippen LogP contribution < -0.4 is 15.0 Å². The maximum absolute atomic E-state index is 12.3. The van der Waals surface area contributed by atoms with Gasteiger partial charge in [-0.1, -0.05) is 18.2 Å². The number of aromatic nitrogens is 2. The second kappa shape index (κ2) is 7.38. The van der Waals surface area contributed by atoms with Gasteiger partial charge in [0.15, 0.2) is 0 Å². The van der Waals surface area contributed by atoms with E-state index in [1.807, 2.05) is 44.2 Å². The normalized spacial score (nSPS) is 13.5. The first-order valence-electron chi connectivity index (χ1n) is 8.40. The highest BCUT2D eigenvalue weighted by Gasteiger charge is 2.27. The fourth-order valence-corrected chi connectivity index (χ4v) is 2.89. The predicted molar refractivity (Wildman–Crippen MR) is 93.4 cm³/mol. The number of hydrogen-bond acceptors (Lipinski definition) is 4. The number of fused-ring (bicyclic) bond motifs is 1. The molecule has 0 saturated heterocycles. The van der Waals surface area contributed by atoms with Crippen molar-refractivity contribution in [1.29, 1.82) is 0 Å². The van der Waals surface area contributed by atoms with E-state index in [2.05, 4.69) is 10.4 Å². The van der Waals surface area contributed by atoms with Gasteiger partial charge in [0.2, 0.25) is 11.8 Å². The van der Waals surface area contributed by atoms with Crippen LogP contribution in [0.1, 0.15) is 24.6 Å². The Balaban J connectivity index is 1.64. The van der Waals surface area contributed by atoms with Gasteiger partial charge >= 0.3 is 0 Å². The quantitative estimate of drug-likeness (QED) is 0.866. The fraction of sp³-hybridized carbons (Fsp3) is 0.389. The second-order valence-electron chi connectivity index (χ2n) is 5.91. The molecule has 2 heterocycles. The SMILES string of the molecule is CCOc1ccccc1CNC(=O)CN1C(=O)CCn2nc(C)cc21. The third-order valence-electron chi connectivity index (χ3n) is 4.05. The van der Waals surface area contributed by atoms with Crippen LogP contribution in [0.4, 0.5) is 5.82 Å². The topological polar surface area (TPSA) is 76.5 Å². The van der Waals surface area contributed by atoms with Crippen molar-refractivity contribution >= 4 is 17.6 Å². The number of carbonyl (C=O) groups is 2. The molecule has 2 aromatic rings. The Bertz CT molecular complexity index is 784. The lowest BCUT2D eigenvalue weighted by Crippen LogP contribution is -2.44. The van der Waals surface area contributed by atoms with E-state index >= 15 is 0 Å². The maximum Gasteiger partial charge on any atom is 0.240 e. The molecule has 0 fully saturated rings. The summed E-state index contributed by atoms with van der Waals surface area (Å²) < 4.78 is 7.33. The number of benzene rings is 1. The van der Waals surface area contributed by atoms with Crippen LogP contribution in [0.3, 0.4) is 0 Å². The lowest BCUT2D eigenvalue weighted by Gasteiger charge is -2.27. The lowest BCUT2D eigenvalue weighted by molar-refractivity contribution is -0.124. The van der Waals surface area contributed by atoms with Crippen molar-refractivity contribution in [2.45, 2.75) is 33.4 Å². The summed E-state index contributed by atoms with van der Waals surface area (Å²) >= 11 is 0. The third-order valence-corrected chi connectivity index (χ3v) is 4.05. The van der Waals surface area contributed by atoms with Gasteiger partial charge in [0.25, 0.3) is 0 Å². The monoisotopic (exact) mass is 342 g/mol. The molecular weight excluding hydrogens is 320 g/mol. The molecule has 2 amide bonds. The van der Waals surface area contributed by atoms with E-state index in [0.29, 0.717) is 31.9 Å². The summed E-state index contributed by atoms with van der Waals surface area (Å²) in [6.07, 6.45) is 0.356. The molecule has 0 spiro atoms. The number of amides is 2. The van der Waals surface area contributed by atoms with E-state index in [-0.39, 0.29) is 18.4 Å². The van der Waals surface area contributed by atoms with E-state index in [4.69, 9.17) is 4.74 Å². The molecule has 0 atom stereocenters. The smallest absolute Gasteiger partial charge is 0.240 e. The fourth-order valence-electron chi connectivity index (χ4n) is 2.89. The summed E-state index contributed by atoms with van der Waals surface area (Å²) in [7, 11) is 0. The average molecular weight is 342 g/mol. The number of nitrogens with one attached hydrogen (secondary N) is 1. The number of ether oxygens (including phenoxy) is 1. The van der Waals surface area contributed by atoms with Crippen LogP contribution in [0, 0.1) is 6.92 Å². The minimum absolute atomic E-state index is 0.0131. The summed E-state index contributed by atoms with van der Waals surface area (Å²) in [5.74, 6) is 1.16. The molecule has 0 bridgehead atoms. The molecule has 0 radical (unpaired) electrons. The molecule has 1 aliphatic heterocycles. The average Bonchev–Trinajstić information content (AvgIpc) is 2.98. The molecule has 1 N–H and O–H groups in total. The van der Waals surface area contributed by atoms with Crippen LogP contribution in [0.15, 0.2) is 30.3 Å². The zero-order valence-corrected chi connectivity index (χ0v) is 14.5. The number of aryl methyl sites for hydroxylation is 2. The van der Waals surface area contributed by atoms with Gasteiger partial charge in [0.1, 0.15) is 18.1 Å². The number of rotatable bonds is 6. The van der Waals surface area contributed by atoms with Crippen molar-refractivity contribution < 1.29 is 14.3 Å². The Hall–Kier alpha value is -2.83. The van der Waals surface area contributed by atoms with Gasteiger partial charge in [-0.2, -0.15) is 5.10 Å². The van der Waals surface area contributed by atoms with Crippen LogP contribution in [0.2, 0.25) is 0 Å². The molecule has 3 rings (SSSR count). The molecule has 7 nitrogen and oxygen atoms in total. The standard InChI is InChI=1S/C18H22N4O3/c1-3-25-15-7-5-4-6-14(15)11-19-16(23)12-21-17-10-13(2)20-22(17)9-8-18(21)24/h4-7,10H,3,8-9,11-12H2,1-2H3,(H,19,23). The summed E-state index contributed by atoms with van der Waals surface area (Å²) in [5, 5.41) is 7.20. The maximum atomic E-state index is 12.3. The Labute approximate surface area is 146 Å². The van der Waals surface area contributed by atoms with Crippen molar-refractivity contribution in [2.24, 2.45) is 0 Å². The van der Waals surface area contributed by atoms with E-state index in [9.17, 15) is 9.59 Å². The highest BCUT2D eigenvalue weighted by molar-refractivity contribution is 5.98. The van der Waals surface area contributed by atoms with Crippen molar-refractivity contribution in [3.63, 3.8) is 0 Å². The summed E-state index contributed by atoms with van der Waals surface area (Å²) in [6.45, 7) is 5.26. The zero-order chi connectivity index (χ0) is 17.8. The van der Waals surface area contributed by atoms with E-state index in [0.717, 1.165) is 17.0 Å². The second-order valence-corrected chi connectivity index (χ2v) is 5.91. The van der Waals surface area contributed by atoms with Crippen LogP contribution >= 0.6 is 0 Å². The van der Waals surface area contributed by atoms with Gasteiger partial charge in [-0.25, -0.2) is 4.68 Å². The van der Waals surface area contributed by atoms with Crippen molar-refractivity contribution in [2.75, 3.05) is 18.1 Å². The van der Waals surface area contributed by atoms with Gasteiger partial charge in [0, 0.05) is 24.6 Å². The number of nitrogens with zero attached hydrogens (tertiary/aromatic N) is 3. The molecule has 1 aromatic heterocycles. The number of carbonyl (C=O) groups excluding carboxylic acids is 2. The molecule has 132 valence electrons. The van der Waals surface area contributed by atoms with Gasteiger partial charge in [-0.15, -0.1) is 0 Å². The first kappa shape index (κ1) is 17.0. The Morgan fingerprint density at radius 2 is 2.16 bits per heavy atom. The number of anilines is 1. The first-order chi connectivity index (χ1) is 12.1. The van der Waals surface area contributed by atoms with Crippen LogP contribution in [-0.4, -0.2) is 34.7 Å². The first-order valence-corrected chi connectivity index (χ1v) is 8.40. The molecule has 0 aliphatic carbocycles. The molecule has 7 heteroatoms. The molecular formula is C18H22N4O3. The summed E-state index contributed by atoms with van der Waals surface area (Å²) in [6, 6.07) is 9.41. The molecule has 1 aromatic carbocycles. The number of hydrogen-bond donors (Lipinski definition) is 1. The minimum atomic E-state index is -0.216. The molecule has 25 heavy (non-hydrogen) atoms. The molecule has 1 aliphatic rings. The van der Waals surface area contributed by atoms with Crippen LogP contribution in [-0.2, 0) is 22.7 Å². The summed E-state index contributed by atoms with van der Waals surface area (Å²) in [5.41, 5.74) is 1.74. The lowest BCUT2D eigenvalue weighted by atomic mass is 10.2. The van der Waals surface area contributed by atoms with E-state index < -0.39 is 0 Å². The van der Waals surface area contributed by atoms with Crippen molar-refractivity contribution in [3.05, 3.63) is 41.6 Å². The van der Waals surface area contributed by atoms with E-state index in [1.54, 1.807) is 4.68 Å².